The molecule has 3 nitrogen and oxygen atoms in total. The van der Waals surface area contributed by atoms with Crippen LogP contribution in [0.15, 0.2) is 40.8 Å². The van der Waals surface area contributed by atoms with E-state index in [-0.39, 0.29) is 5.76 Å². The first-order valence-corrected chi connectivity index (χ1v) is 4.89. The van der Waals surface area contributed by atoms with Gasteiger partial charge in [0.2, 0.25) is 0 Å². The van der Waals surface area contributed by atoms with Crippen molar-refractivity contribution >= 4 is 16.8 Å². The standard InChI is InChI=1S/C12H6ClNO2/c13-12(15)11-6-5-10(16-11)9-4-2-1-3-8(9)7-14/h1-6H. The number of hydrogen-bond acceptors (Lipinski definition) is 3. The topological polar surface area (TPSA) is 54.0 Å². The Morgan fingerprint density at radius 3 is 2.62 bits per heavy atom. The number of nitriles is 1. The molecule has 0 radical (unpaired) electrons. The van der Waals surface area contributed by atoms with Crippen LogP contribution in [0.5, 0.6) is 0 Å². The molecule has 0 atom stereocenters. The number of rotatable bonds is 2. The predicted octanol–water partition coefficient (Wildman–Crippen LogP) is 3.20. The zero-order valence-corrected chi connectivity index (χ0v) is 8.86. The normalized spacial score (nSPS) is 9.75. The highest BCUT2D eigenvalue weighted by Crippen LogP contribution is 2.25. The van der Waals surface area contributed by atoms with Gasteiger partial charge in [-0.2, -0.15) is 5.26 Å². The summed E-state index contributed by atoms with van der Waals surface area (Å²) in [6.45, 7) is 0. The summed E-state index contributed by atoms with van der Waals surface area (Å²) in [5.74, 6) is 0.533. The van der Waals surface area contributed by atoms with Gasteiger partial charge in [-0.3, -0.25) is 4.79 Å². The van der Waals surface area contributed by atoms with Crippen LogP contribution in [-0.4, -0.2) is 5.24 Å². The molecule has 0 N–H and O–H groups in total. The molecule has 16 heavy (non-hydrogen) atoms. The number of halogens is 1. The summed E-state index contributed by atoms with van der Waals surface area (Å²) in [5.41, 5.74) is 1.14. The lowest BCUT2D eigenvalue weighted by atomic mass is 10.1. The van der Waals surface area contributed by atoms with Crippen molar-refractivity contribution in [1.29, 1.82) is 5.26 Å². The molecule has 1 aromatic carbocycles. The van der Waals surface area contributed by atoms with Crippen LogP contribution in [0.3, 0.4) is 0 Å². The highest BCUT2D eigenvalue weighted by molar-refractivity contribution is 6.67. The average molecular weight is 232 g/mol. The maximum Gasteiger partial charge on any atom is 0.287 e. The highest BCUT2D eigenvalue weighted by atomic mass is 35.5. The van der Waals surface area contributed by atoms with E-state index in [1.165, 1.54) is 6.07 Å². The molecular weight excluding hydrogens is 226 g/mol. The third-order valence-corrected chi connectivity index (χ3v) is 2.30. The van der Waals surface area contributed by atoms with Gasteiger partial charge in [0.1, 0.15) is 5.76 Å². The molecule has 4 heteroatoms. The van der Waals surface area contributed by atoms with Gasteiger partial charge in [0.15, 0.2) is 5.76 Å². The second-order valence-corrected chi connectivity index (χ2v) is 3.44. The van der Waals surface area contributed by atoms with Crippen molar-refractivity contribution in [1.82, 2.24) is 0 Å². The van der Waals surface area contributed by atoms with Crippen LogP contribution in [0.1, 0.15) is 16.1 Å². The molecule has 0 aliphatic rings. The van der Waals surface area contributed by atoms with Gasteiger partial charge in [0.25, 0.3) is 5.24 Å². The minimum atomic E-state index is -0.652. The Balaban J connectivity index is 2.51. The fourth-order valence-electron chi connectivity index (χ4n) is 1.38. The molecule has 2 rings (SSSR count). The molecule has 0 saturated carbocycles. The van der Waals surface area contributed by atoms with Crippen LogP contribution >= 0.6 is 11.6 Å². The molecule has 78 valence electrons. The van der Waals surface area contributed by atoms with Gasteiger partial charge in [-0.15, -0.1) is 0 Å². The van der Waals surface area contributed by atoms with E-state index in [1.54, 1.807) is 30.3 Å². The minimum absolute atomic E-state index is 0.0735. The lowest BCUT2D eigenvalue weighted by Crippen LogP contribution is -1.83. The monoisotopic (exact) mass is 231 g/mol. The van der Waals surface area contributed by atoms with Crippen molar-refractivity contribution in [2.24, 2.45) is 0 Å². The fraction of sp³-hybridized carbons (Fsp3) is 0. The second-order valence-electron chi connectivity index (χ2n) is 3.09. The Hall–Kier alpha value is -2.05. The summed E-state index contributed by atoms with van der Waals surface area (Å²) in [5, 5.41) is 8.26. The maximum atomic E-state index is 10.9. The largest absolute Gasteiger partial charge is 0.452 e. The molecule has 0 aliphatic carbocycles. The predicted molar refractivity (Wildman–Crippen MR) is 59.0 cm³/mol. The molecule has 0 bridgehead atoms. The Labute approximate surface area is 96.9 Å². The third kappa shape index (κ3) is 1.83. The molecule has 0 fully saturated rings. The first-order valence-electron chi connectivity index (χ1n) is 4.51. The van der Waals surface area contributed by atoms with E-state index in [0.717, 1.165) is 0 Å². The maximum absolute atomic E-state index is 10.9. The molecule has 0 aliphatic heterocycles. The van der Waals surface area contributed by atoms with Gasteiger partial charge < -0.3 is 4.42 Å². The molecule has 1 aromatic heterocycles. The zero-order valence-electron chi connectivity index (χ0n) is 8.11. The highest BCUT2D eigenvalue weighted by Gasteiger charge is 2.11. The van der Waals surface area contributed by atoms with E-state index in [1.807, 2.05) is 0 Å². The number of hydrogen-bond donors (Lipinski definition) is 0. The second kappa shape index (κ2) is 4.21. The van der Waals surface area contributed by atoms with E-state index in [0.29, 0.717) is 16.9 Å². The number of benzene rings is 1. The average Bonchev–Trinajstić information content (AvgIpc) is 2.78. The van der Waals surface area contributed by atoms with Gasteiger partial charge in [-0.25, -0.2) is 0 Å². The van der Waals surface area contributed by atoms with Crippen molar-refractivity contribution in [2.75, 3.05) is 0 Å². The van der Waals surface area contributed by atoms with Crippen LogP contribution in [-0.2, 0) is 0 Å². The van der Waals surface area contributed by atoms with E-state index in [2.05, 4.69) is 6.07 Å². The van der Waals surface area contributed by atoms with Gasteiger partial charge in [-0.1, -0.05) is 12.1 Å². The first kappa shape index (κ1) is 10.5. The summed E-state index contributed by atoms with van der Waals surface area (Å²) in [4.78, 5) is 10.9. The van der Waals surface area contributed by atoms with Crippen molar-refractivity contribution in [3.05, 3.63) is 47.7 Å². The van der Waals surface area contributed by atoms with Gasteiger partial charge in [0.05, 0.1) is 11.6 Å². The van der Waals surface area contributed by atoms with Crippen LogP contribution in [0.2, 0.25) is 0 Å². The van der Waals surface area contributed by atoms with Crippen molar-refractivity contribution in [3.8, 4) is 17.4 Å². The summed E-state index contributed by atoms with van der Waals surface area (Å²) in [6, 6.07) is 12.1. The van der Waals surface area contributed by atoms with Crippen LogP contribution in [0, 0.1) is 11.3 Å². The molecule has 0 unspecified atom stereocenters. The van der Waals surface area contributed by atoms with E-state index < -0.39 is 5.24 Å². The Morgan fingerprint density at radius 2 is 2.00 bits per heavy atom. The molecule has 0 amide bonds. The number of carbonyl (C=O) groups is 1. The number of furan rings is 1. The molecule has 0 spiro atoms. The lowest BCUT2D eigenvalue weighted by molar-refractivity contribution is 0.105. The van der Waals surface area contributed by atoms with Crippen LogP contribution < -0.4 is 0 Å². The lowest BCUT2D eigenvalue weighted by Gasteiger charge is -1.98. The zero-order chi connectivity index (χ0) is 11.5. The van der Waals surface area contributed by atoms with E-state index in [9.17, 15) is 4.79 Å². The molecular formula is C12H6ClNO2. The van der Waals surface area contributed by atoms with Crippen LogP contribution in [0.4, 0.5) is 0 Å². The quantitative estimate of drug-likeness (QED) is 0.746. The smallest absolute Gasteiger partial charge is 0.287 e. The molecule has 0 saturated heterocycles. The van der Waals surface area contributed by atoms with Gasteiger partial charge in [-0.05, 0) is 35.9 Å². The third-order valence-electron chi connectivity index (χ3n) is 2.11. The van der Waals surface area contributed by atoms with Gasteiger partial charge in [0, 0.05) is 5.56 Å². The number of carbonyl (C=O) groups excluding carboxylic acids is 1. The van der Waals surface area contributed by atoms with E-state index >= 15 is 0 Å². The summed E-state index contributed by atoms with van der Waals surface area (Å²) < 4.78 is 5.24. The Morgan fingerprint density at radius 1 is 1.25 bits per heavy atom. The van der Waals surface area contributed by atoms with E-state index in [4.69, 9.17) is 21.3 Å². The van der Waals surface area contributed by atoms with Crippen molar-refractivity contribution < 1.29 is 9.21 Å². The summed E-state index contributed by atoms with van der Waals surface area (Å²) >= 11 is 5.28. The number of nitrogens with zero attached hydrogens (tertiary/aromatic N) is 1. The molecule has 2 aromatic rings. The van der Waals surface area contributed by atoms with Gasteiger partial charge >= 0.3 is 0 Å². The minimum Gasteiger partial charge on any atom is -0.452 e. The Kier molecular flexibility index (Phi) is 2.76. The molecule has 1 heterocycles. The summed E-state index contributed by atoms with van der Waals surface area (Å²) in [7, 11) is 0. The fourth-order valence-corrected chi connectivity index (χ4v) is 1.49. The Bertz CT molecular complexity index is 581. The van der Waals surface area contributed by atoms with Crippen molar-refractivity contribution in [3.63, 3.8) is 0 Å². The van der Waals surface area contributed by atoms with Crippen molar-refractivity contribution in [2.45, 2.75) is 0 Å². The summed E-state index contributed by atoms with van der Waals surface area (Å²) in [6.07, 6.45) is 0. The van der Waals surface area contributed by atoms with Crippen LogP contribution in [0.25, 0.3) is 11.3 Å². The SMILES string of the molecule is N#Cc1ccccc1-c1ccc(C(=O)Cl)o1. The first-order chi connectivity index (χ1) is 7.72.